The average molecular weight is 483 g/mol. The number of aliphatic hydroxyl groups is 1. The summed E-state index contributed by atoms with van der Waals surface area (Å²) in [6, 6.07) is 17.3. The minimum absolute atomic E-state index is 0. The summed E-state index contributed by atoms with van der Waals surface area (Å²) < 4.78 is 1.88. The Labute approximate surface area is 208 Å². The van der Waals surface area contributed by atoms with Crippen molar-refractivity contribution in [2.75, 3.05) is 5.32 Å². The van der Waals surface area contributed by atoms with Gasteiger partial charge >= 0.3 is 0 Å². The molecular weight excluding hydrogens is 448 g/mol. The van der Waals surface area contributed by atoms with Crippen LogP contribution in [-0.4, -0.2) is 26.8 Å². The molecule has 0 radical (unpaired) electrons. The number of carbonyl (C=O) groups excluding carboxylic acids is 1. The zero-order valence-electron chi connectivity index (χ0n) is 19.9. The van der Waals surface area contributed by atoms with Crippen molar-refractivity contribution in [3.63, 3.8) is 0 Å². The first-order chi connectivity index (χ1) is 15.9. The zero-order valence-corrected chi connectivity index (χ0v) is 20.7. The summed E-state index contributed by atoms with van der Waals surface area (Å²) in [7, 11) is 0. The normalized spacial score (nSPS) is 15.9. The van der Waals surface area contributed by atoms with Gasteiger partial charge < -0.3 is 16.2 Å². The largest absolute Gasteiger partial charge is 0.387 e. The van der Waals surface area contributed by atoms with Crippen LogP contribution in [-0.2, 0) is 11.3 Å². The van der Waals surface area contributed by atoms with Crippen LogP contribution in [0, 0.1) is 12.8 Å². The third kappa shape index (κ3) is 5.87. The molecule has 0 bridgehead atoms. The molecular formula is C27H35ClN4O2. The molecule has 1 aliphatic rings. The molecule has 34 heavy (non-hydrogen) atoms. The summed E-state index contributed by atoms with van der Waals surface area (Å²) in [6.45, 7) is 4.32. The minimum atomic E-state index is -0.669. The van der Waals surface area contributed by atoms with Gasteiger partial charge in [0.25, 0.3) is 0 Å². The number of nitrogens with zero attached hydrogens (tertiary/aromatic N) is 2. The number of hydrogen-bond donors (Lipinski definition) is 3. The van der Waals surface area contributed by atoms with Crippen LogP contribution in [0.2, 0.25) is 0 Å². The summed E-state index contributed by atoms with van der Waals surface area (Å²) in [6.07, 6.45) is 4.94. The van der Waals surface area contributed by atoms with Gasteiger partial charge in [-0.15, -0.1) is 12.4 Å². The van der Waals surface area contributed by atoms with Crippen LogP contribution in [0.1, 0.15) is 62.1 Å². The van der Waals surface area contributed by atoms with Crippen LogP contribution >= 0.6 is 12.4 Å². The molecule has 1 saturated carbocycles. The Kier molecular flexibility index (Phi) is 8.89. The van der Waals surface area contributed by atoms with Crippen molar-refractivity contribution >= 4 is 24.0 Å². The summed E-state index contributed by atoms with van der Waals surface area (Å²) >= 11 is 0. The van der Waals surface area contributed by atoms with E-state index >= 15 is 0 Å². The van der Waals surface area contributed by atoms with E-state index in [0.717, 1.165) is 59.4 Å². The highest BCUT2D eigenvalue weighted by molar-refractivity contribution is 5.95. The highest BCUT2D eigenvalue weighted by Crippen LogP contribution is 2.33. The maximum Gasteiger partial charge on any atom is 0.241 e. The molecule has 3 aromatic rings. The fourth-order valence-electron chi connectivity index (χ4n) is 4.91. The minimum Gasteiger partial charge on any atom is -0.387 e. The molecule has 4 rings (SSSR count). The van der Waals surface area contributed by atoms with E-state index in [1.807, 2.05) is 54.1 Å². The topological polar surface area (TPSA) is 93.2 Å². The lowest BCUT2D eigenvalue weighted by Crippen LogP contribution is -2.42. The number of nitrogens with one attached hydrogen (secondary N) is 1. The third-order valence-corrected chi connectivity index (χ3v) is 6.64. The summed E-state index contributed by atoms with van der Waals surface area (Å²) in [4.78, 5) is 12.7. The number of aryl methyl sites for hydroxylation is 1. The third-order valence-electron chi connectivity index (χ3n) is 6.64. The van der Waals surface area contributed by atoms with Gasteiger partial charge in [-0.1, -0.05) is 61.7 Å². The first kappa shape index (κ1) is 25.9. The van der Waals surface area contributed by atoms with Crippen molar-refractivity contribution in [3.8, 4) is 11.1 Å². The first-order valence-electron chi connectivity index (χ1n) is 11.9. The van der Waals surface area contributed by atoms with Crippen LogP contribution in [0.3, 0.4) is 0 Å². The van der Waals surface area contributed by atoms with Crippen LogP contribution in [0.5, 0.6) is 0 Å². The lowest BCUT2D eigenvalue weighted by molar-refractivity contribution is -0.118. The number of amides is 1. The number of benzene rings is 2. The standard InChI is InChI=1S/C27H34N4O2.ClH/c1-18-24(26(19(2)32)31(30-18)17-20-9-5-3-6-10-20)21-13-15-23(16-14-21)29-27(33)25(28)22-11-7-4-8-12-22;/h3,5-6,9-10,13-16,19,22,25,32H,4,7-8,11-12,17,28H2,1-2H3,(H,29,33);1H. The Hall–Kier alpha value is -2.67. The predicted octanol–water partition coefficient (Wildman–Crippen LogP) is 5.23. The highest BCUT2D eigenvalue weighted by atomic mass is 35.5. The molecule has 6 nitrogen and oxygen atoms in total. The molecule has 0 saturated heterocycles. The van der Waals surface area contributed by atoms with E-state index < -0.39 is 12.1 Å². The van der Waals surface area contributed by atoms with Gasteiger partial charge in [-0.05, 0) is 55.9 Å². The molecule has 1 fully saturated rings. The van der Waals surface area contributed by atoms with Crippen molar-refractivity contribution in [3.05, 3.63) is 71.5 Å². The molecule has 2 aromatic carbocycles. The van der Waals surface area contributed by atoms with E-state index in [0.29, 0.717) is 6.54 Å². The van der Waals surface area contributed by atoms with E-state index in [4.69, 9.17) is 10.8 Å². The SMILES string of the molecule is Cc1nn(Cc2ccccc2)c(C(C)O)c1-c1ccc(NC(=O)C(N)C2CCCCC2)cc1.Cl. The number of rotatable bonds is 7. The number of nitrogens with two attached hydrogens (primary N) is 1. The summed E-state index contributed by atoms with van der Waals surface area (Å²) in [5.74, 6) is 0.149. The molecule has 7 heteroatoms. The maximum atomic E-state index is 12.7. The Bertz CT molecular complexity index is 1070. The lowest BCUT2D eigenvalue weighted by Gasteiger charge is -2.26. The van der Waals surface area contributed by atoms with E-state index in [2.05, 4.69) is 17.4 Å². The van der Waals surface area contributed by atoms with Gasteiger partial charge in [-0.2, -0.15) is 5.10 Å². The smallest absolute Gasteiger partial charge is 0.241 e. The number of halogens is 1. The Morgan fingerprint density at radius 3 is 2.38 bits per heavy atom. The van der Waals surface area contributed by atoms with Crippen LogP contribution in [0.15, 0.2) is 54.6 Å². The highest BCUT2D eigenvalue weighted by Gasteiger charge is 2.26. The van der Waals surface area contributed by atoms with Gasteiger partial charge in [0, 0.05) is 11.3 Å². The number of carbonyl (C=O) groups is 1. The molecule has 2 atom stereocenters. The molecule has 1 amide bonds. The molecule has 182 valence electrons. The Morgan fingerprint density at radius 2 is 1.76 bits per heavy atom. The van der Waals surface area contributed by atoms with Gasteiger partial charge in [-0.25, -0.2) is 0 Å². The molecule has 1 aliphatic carbocycles. The first-order valence-corrected chi connectivity index (χ1v) is 11.9. The van der Waals surface area contributed by atoms with E-state index in [9.17, 15) is 9.90 Å². The van der Waals surface area contributed by atoms with Gasteiger partial charge in [0.05, 0.1) is 30.1 Å². The van der Waals surface area contributed by atoms with Crippen molar-refractivity contribution in [1.29, 1.82) is 0 Å². The molecule has 1 heterocycles. The molecule has 0 aliphatic heterocycles. The van der Waals surface area contributed by atoms with Crippen molar-refractivity contribution in [2.24, 2.45) is 11.7 Å². The van der Waals surface area contributed by atoms with E-state index in [1.165, 1.54) is 6.42 Å². The molecule has 2 unspecified atom stereocenters. The zero-order chi connectivity index (χ0) is 23.4. The van der Waals surface area contributed by atoms with Crippen molar-refractivity contribution in [1.82, 2.24) is 9.78 Å². The molecule has 1 aromatic heterocycles. The van der Waals surface area contributed by atoms with Gasteiger partial charge in [0.1, 0.15) is 0 Å². The van der Waals surface area contributed by atoms with E-state index in [1.54, 1.807) is 6.92 Å². The van der Waals surface area contributed by atoms with Crippen molar-refractivity contribution in [2.45, 2.75) is 64.6 Å². The monoisotopic (exact) mass is 482 g/mol. The number of anilines is 1. The fourth-order valence-corrected chi connectivity index (χ4v) is 4.91. The molecule has 0 spiro atoms. The second kappa shape index (κ2) is 11.6. The van der Waals surface area contributed by atoms with Gasteiger partial charge in [0.2, 0.25) is 5.91 Å². The summed E-state index contributed by atoms with van der Waals surface area (Å²) in [5, 5.41) is 18.3. The molecule has 4 N–H and O–H groups in total. The van der Waals surface area contributed by atoms with Crippen LogP contribution < -0.4 is 11.1 Å². The quantitative estimate of drug-likeness (QED) is 0.430. The lowest BCUT2D eigenvalue weighted by atomic mass is 9.84. The van der Waals surface area contributed by atoms with Gasteiger partial charge in [0.15, 0.2) is 0 Å². The summed E-state index contributed by atoms with van der Waals surface area (Å²) in [5.41, 5.74) is 11.6. The van der Waals surface area contributed by atoms with E-state index in [-0.39, 0.29) is 24.2 Å². The Morgan fingerprint density at radius 1 is 1.12 bits per heavy atom. The van der Waals surface area contributed by atoms with Crippen LogP contribution in [0.25, 0.3) is 11.1 Å². The number of hydrogen-bond acceptors (Lipinski definition) is 4. The second-order valence-electron chi connectivity index (χ2n) is 9.16. The maximum absolute atomic E-state index is 12.7. The average Bonchev–Trinajstić information content (AvgIpc) is 3.16. The van der Waals surface area contributed by atoms with Gasteiger partial charge in [-0.3, -0.25) is 9.48 Å². The predicted molar refractivity (Wildman–Crippen MR) is 139 cm³/mol. The second-order valence-corrected chi connectivity index (χ2v) is 9.16. The number of aromatic nitrogens is 2. The van der Waals surface area contributed by atoms with Crippen molar-refractivity contribution < 1.29 is 9.90 Å². The Balaban J connectivity index is 0.00000324. The van der Waals surface area contributed by atoms with Crippen LogP contribution in [0.4, 0.5) is 5.69 Å². The number of aliphatic hydroxyl groups excluding tert-OH is 1. The fraction of sp³-hybridized carbons (Fsp3) is 0.407.